The van der Waals surface area contributed by atoms with Gasteiger partial charge in [-0.15, -0.1) is 0 Å². The molecule has 1 aliphatic heterocycles. The molecule has 1 heterocycles. The van der Waals surface area contributed by atoms with Crippen LogP contribution < -0.4 is 10.1 Å². The number of hydrogen-bond acceptors (Lipinski definition) is 3. The van der Waals surface area contributed by atoms with Crippen LogP contribution in [0.2, 0.25) is 0 Å². The molecule has 1 aliphatic rings. The quantitative estimate of drug-likeness (QED) is 0.791. The molecule has 1 aromatic carbocycles. The van der Waals surface area contributed by atoms with Gasteiger partial charge in [-0.25, -0.2) is 0 Å². The van der Waals surface area contributed by atoms with Crippen molar-refractivity contribution in [3.63, 3.8) is 0 Å². The van der Waals surface area contributed by atoms with Crippen molar-refractivity contribution in [2.45, 2.75) is 58.1 Å². The van der Waals surface area contributed by atoms with E-state index in [-0.39, 0.29) is 6.10 Å². The fourth-order valence-electron chi connectivity index (χ4n) is 3.12. The van der Waals surface area contributed by atoms with Gasteiger partial charge < -0.3 is 14.8 Å². The van der Waals surface area contributed by atoms with E-state index in [0.717, 1.165) is 44.8 Å². The molecule has 21 heavy (non-hydrogen) atoms. The van der Waals surface area contributed by atoms with Gasteiger partial charge in [0.1, 0.15) is 5.75 Å². The van der Waals surface area contributed by atoms with Crippen LogP contribution in [0, 0.1) is 0 Å². The molecular formula is C18H29NO2. The Labute approximate surface area is 129 Å². The van der Waals surface area contributed by atoms with E-state index in [1.54, 1.807) is 0 Å². The molecule has 0 bridgehead atoms. The first-order chi connectivity index (χ1) is 10.3. The lowest BCUT2D eigenvalue weighted by Gasteiger charge is -2.32. The first-order valence-corrected chi connectivity index (χ1v) is 8.33. The van der Waals surface area contributed by atoms with Crippen LogP contribution in [0.3, 0.4) is 0 Å². The lowest BCUT2D eigenvalue weighted by Crippen LogP contribution is -2.41. The van der Waals surface area contributed by atoms with E-state index < -0.39 is 0 Å². The second kappa shape index (κ2) is 8.40. The monoisotopic (exact) mass is 291 g/mol. The first-order valence-electron chi connectivity index (χ1n) is 8.33. The van der Waals surface area contributed by atoms with Gasteiger partial charge in [-0.2, -0.15) is 0 Å². The summed E-state index contributed by atoms with van der Waals surface area (Å²) in [6.07, 6.45) is 3.61. The van der Waals surface area contributed by atoms with Gasteiger partial charge in [0.15, 0.2) is 0 Å². The van der Waals surface area contributed by atoms with Gasteiger partial charge in [0.2, 0.25) is 0 Å². The average molecular weight is 291 g/mol. The van der Waals surface area contributed by atoms with Gasteiger partial charge in [0, 0.05) is 12.6 Å². The number of benzene rings is 1. The van der Waals surface area contributed by atoms with Crippen LogP contribution >= 0.6 is 0 Å². The maximum absolute atomic E-state index is 5.84. The maximum Gasteiger partial charge on any atom is 0.122 e. The summed E-state index contributed by atoms with van der Waals surface area (Å²) in [4.78, 5) is 0. The molecule has 3 nitrogen and oxygen atoms in total. The Kier molecular flexibility index (Phi) is 6.52. The number of nitrogens with one attached hydrogen (secondary N) is 1. The van der Waals surface area contributed by atoms with Crippen LogP contribution in [-0.4, -0.2) is 31.9 Å². The molecule has 0 radical (unpaired) electrons. The Morgan fingerprint density at radius 2 is 2.14 bits per heavy atom. The van der Waals surface area contributed by atoms with E-state index in [4.69, 9.17) is 9.47 Å². The summed E-state index contributed by atoms with van der Waals surface area (Å²) in [6, 6.07) is 8.86. The molecule has 0 spiro atoms. The van der Waals surface area contributed by atoms with Crippen molar-refractivity contribution < 1.29 is 9.47 Å². The summed E-state index contributed by atoms with van der Waals surface area (Å²) in [6.45, 7) is 9.10. The zero-order valence-corrected chi connectivity index (χ0v) is 13.6. The third-order valence-electron chi connectivity index (χ3n) is 4.27. The second-order valence-electron chi connectivity index (χ2n) is 5.83. The molecule has 3 unspecified atom stereocenters. The lowest BCUT2D eigenvalue weighted by molar-refractivity contribution is 0.0419. The number of ether oxygens (including phenoxy) is 2. The first kappa shape index (κ1) is 16.3. The summed E-state index contributed by atoms with van der Waals surface area (Å²) in [5.74, 6) is 1.62. The minimum absolute atomic E-state index is 0.247. The van der Waals surface area contributed by atoms with E-state index in [1.807, 2.05) is 0 Å². The molecule has 0 amide bonds. The molecule has 0 aliphatic carbocycles. The van der Waals surface area contributed by atoms with Crippen LogP contribution in [0.25, 0.3) is 0 Å². The van der Waals surface area contributed by atoms with E-state index in [2.05, 4.69) is 50.4 Å². The van der Waals surface area contributed by atoms with Crippen molar-refractivity contribution in [1.82, 2.24) is 5.32 Å². The van der Waals surface area contributed by atoms with Crippen LogP contribution in [0.15, 0.2) is 24.3 Å². The molecule has 1 aromatic rings. The molecule has 2 rings (SSSR count). The lowest BCUT2D eigenvalue weighted by atomic mass is 9.86. The molecular weight excluding hydrogens is 262 g/mol. The Balaban J connectivity index is 2.06. The Morgan fingerprint density at radius 1 is 1.33 bits per heavy atom. The highest BCUT2D eigenvalue weighted by Gasteiger charge is 2.26. The van der Waals surface area contributed by atoms with Crippen LogP contribution in [0.5, 0.6) is 5.75 Å². The van der Waals surface area contributed by atoms with Crippen molar-refractivity contribution in [3.8, 4) is 5.75 Å². The standard InChI is InChI=1S/C18H29NO2/c1-4-11-19-17(14(3)20-5-2)13-15-10-12-21-18-9-7-6-8-16(15)18/h6-9,14-15,17,19H,4-5,10-13H2,1-3H3. The highest BCUT2D eigenvalue weighted by molar-refractivity contribution is 5.37. The Morgan fingerprint density at radius 3 is 2.90 bits per heavy atom. The van der Waals surface area contributed by atoms with Crippen molar-refractivity contribution >= 4 is 0 Å². The molecule has 0 saturated heterocycles. The second-order valence-corrected chi connectivity index (χ2v) is 5.83. The van der Waals surface area contributed by atoms with Crippen LogP contribution in [0.1, 0.15) is 51.5 Å². The fraction of sp³-hybridized carbons (Fsp3) is 0.667. The highest BCUT2D eigenvalue weighted by Crippen LogP contribution is 2.36. The summed E-state index contributed by atoms with van der Waals surface area (Å²) < 4.78 is 11.6. The highest BCUT2D eigenvalue weighted by atomic mass is 16.5. The number of rotatable bonds is 8. The zero-order valence-electron chi connectivity index (χ0n) is 13.6. The third-order valence-corrected chi connectivity index (χ3v) is 4.27. The van der Waals surface area contributed by atoms with Crippen molar-refractivity contribution in [2.24, 2.45) is 0 Å². The number of para-hydroxylation sites is 1. The van der Waals surface area contributed by atoms with Gasteiger partial charge >= 0.3 is 0 Å². The fourth-order valence-corrected chi connectivity index (χ4v) is 3.12. The molecule has 3 heteroatoms. The summed E-state index contributed by atoms with van der Waals surface area (Å²) in [5, 5.41) is 3.67. The van der Waals surface area contributed by atoms with Gasteiger partial charge in [-0.05, 0) is 57.2 Å². The van der Waals surface area contributed by atoms with Crippen molar-refractivity contribution in [2.75, 3.05) is 19.8 Å². The molecule has 1 N–H and O–H groups in total. The molecule has 3 atom stereocenters. The maximum atomic E-state index is 5.84. The van der Waals surface area contributed by atoms with E-state index >= 15 is 0 Å². The zero-order chi connectivity index (χ0) is 15.1. The topological polar surface area (TPSA) is 30.5 Å². The summed E-state index contributed by atoms with van der Waals surface area (Å²) in [5.41, 5.74) is 1.36. The largest absolute Gasteiger partial charge is 0.493 e. The van der Waals surface area contributed by atoms with E-state index in [9.17, 15) is 0 Å². The molecule has 0 saturated carbocycles. The minimum atomic E-state index is 0.247. The summed E-state index contributed by atoms with van der Waals surface area (Å²) in [7, 11) is 0. The third kappa shape index (κ3) is 4.45. The smallest absolute Gasteiger partial charge is 0.122 e. The number of fused-ring (bicyclic) bond motifs is 1. The SMILES string of the molecule is CCCNC(CC1CCOc2ccccc21)C(C)OCC. The Bertz CT molecular complexity index is 421. The van der Waals surface area contributed by atoms with Gasteiger partial charge in [-0.3, -0.25) is 0 Å². The van der Waals surface area contributed by atoms with Crippen molar-refractivity contribution in [1.29, 1.82) is 0 Å². The van der Waals surface area contributed by atoms with Crippen molar-refractivity contribution in [3.05, 3.63) is 29.8 Å². The van der Waals surface area contributed by atoms with Crippen LogP contribution in [-0.2, 0) is 4.74 Å². The summed E-state index contributed by atoms with van der Waals surface area (Å²) >= 11 is 0. The van der Waals surface area contributed by atoms with Gasteiger partial charge in [-0.1, -0.05) is 25.1 Å². The predicted molar refractivity (Wildman–Crippen MR) is 87.1 cm³/mol. The average Bonchev–Trinajstić information content (AvgIpc) is 2.51. The van der Waals surface area contributed by atoms with E-state index in [0.29, 0.717) is 12.0 Å². The number of hydrogen-bond donors (Lipinski definition) is 1. The molecule has 0 aromatic heterocycles. The Hall–Kier alpha value is -1.06. The predicted octanol–water partition coefficient (Wildman–Crippen LogP) is 3.74. The minimum Gasteiger partial charge on any atom is -0.493 e. The van der Waals surface area contributed by atoms with Gasteiger partial charge in [0.05, 0.1) is 12.7 Å². The van der Waals surface area contributed by atoms with Crippen LogP contribution in [0.4, 0.5) is 0 Å². The normalized spacial score (nSPS) is 20.4. The molecule has 0 fully saturated rings. The van der Waals surface area contributed by atoms with Gasteiger partial charge in [0.25, 0.3) is 0 Å². The molecule has 118 valence electrons. The van der Waals surface area contributed by atoms with E-state index in [1.165, 1.54) is 5.56 Å².